The number of nitrogens with zero attached hydrogens (tertiary/aromatic N) is 1. The first kappa shape index (κ1) is 12.7. The van der Waals surface area contributed by atoms with Gasteiger partial charge < -0.3 is 10.1 Å². The molecule has 0 bridgehead atoms. The lowest BCUT2D eigenvalue weighted by atomic mass is 9.92. The molecule has 0 spiro atoms. The van der Waals surface area contributed by atoms with Crippen molar-refractivity contribution >= 4 is 28.2 Å². The lowest BCUT2D eigenvalue weighted by Gasteiger charge is -2.37. The van der Waals surface area contributed by atoms with Crippen LogP contribution in [0.3, 0.4) is 0 Å². The molecule has 1 aromatic heterocycles. The Morgan fingerprint density at radius 1 is 1.21 bits per heavy atom. The average Bonchev–Trinajstić information content (AvgIpc) is 2.49. The Balaban J connectivity index is 1.96. The first-order valence-electron chi connectivity index (χ1n) is 6.59. The van der Waals surface area contributed by atoms with E-state index in [0.717, 1.165) is 37.3 Å². The Labute approximate surface area is 117 Å². The van der Waals surface area contributed by atoms with E-state index < -0.39 is 0 Å². The van der Waals surface area contributed by atoms with E-state index in [1.54, 1.807) is 0 Å². The first-order valence-corrected chi connectivity index (χ1v) is 7.12. The highest BCUT2D eigenvalue weighted by Crippen LogP contribution is 2.29. The number of pyridine rings is 1. The molecule has 1 fully saturated rings. The second-order valence-corrected chi connectivity index (χ2v) is 5.30. The zero-order chi connectivity index (χ0) is 13.1. The van der Waals surface area contributed by atoms with Gasteiger partial charge in [0.1, 0.15) is 5.82 Å². The van der Waals surface area contributed by atoms with Gasteiger partial charge in [0.05, 0.1) is 5.54 Å². The van der Waals surface area contributed by atoms with Gasteiger partial charge in [-0.1, -0.05) is 24.3 Å². The zero-order valence-corrected chi connectivity index (χ0v) is 11.5. The summed E-state index contributed by atoms with van der Waals surface area (Å²) < 4.78 is 5.43. The van der Waals surface area contributed by atoms with Gasteiger partial charge >= 0.3 is 0 Å². The molecule has 1 aliphatic heterocycles. The summed E-state index contributed by atoms with van der Waals surface area (Å²) in [6, 6.07) is 10.3. The normalized spacial score (nSPS) is 18.4. The van der Waals surface area contributed by atoms with Crippen LogP contribution >= 0.6 is 11.6 Å². The average molecular weight is 277 g/mol. The standard InChI is InChI=1S/C15H17ClN2O/c16-11-15(6-9-19-10-7-15)18-14-13-4-2-1-3-12(13)5-8-17-14/h1-5,8H,6-7,9-11H2,(H,17,18). The van der Waals surface area contributed by atoms with Gasteiger partial charge in [-0.3, -0.25) is 0 Å². The number of halogens is 1. The van der Waals surface area contributed by atoms with Crippen molar-refractivity contribution in [3.8, 4) is 0 Å². The van der Waals surface area contributed by atoms with Crippen molar-refractivity contribution in [2.24, 2.45) is 0 Å². The van der Waals surface area contributed by atoms with Crippen LogP contribution in [0.15, 0.2) is 36.5 Å². The van der Waals surface area contributed by atoms with E-state index >= 15 is 0 Å². The number of hydrogen-bond donors (Lipinski definition) is 1. The largest absolute Gasteiger partial charge is 0.381 e. The van der Waals surface area contributed by atoms with Gasteiger partial charge in [0.15, 0.2) is 0 Å². The minimum Gasteiger partial charge on any atom is -0.381 e. The van der Waals surface area contributed by atoms with Gasteiger partial charge in [-0.25, -0.2) is 4.98 Å². The molecule has 0 radical (unpaired) electrons. The summed E-state index contributed by atoms with van der Waals surface area (Å²) >= 11 is 6.19. The van der Waals surface area contributed by atoms with Crippen molar-refractivity contribution < 1.29 is 4.74 Å². The summed E-state index contributed by atoms with van der Waals surface area (Å²) in [6.45, 7) is 1.51. The second-order valence-electron chi connectivity index (χ2n) is 5.03. The van der Waals surface area contributed by atoms with Gasteiger partial charge in [0.2, 0.25) is 0 Å². The molecular formula is C15H17ClN2O. The van der Waals surface area contributed by atoms with Gasteiger partial charge in [0.25, 0.3) is 0 Å². The van der Waals surface area contributed by atoms with Crippen molar-refractivity contribution in [2.75, 3.05) is 24.4 Å². The maximum absolute atomic E-state index is 6.19. The summed E-state index contributed by atoms with van der Waals surface area (Å²) in [5, 5.41) is 5.90. The van der Waals surface area contributed by atoms with Crippen molar-refractivity contribution in [1.82, 2.24) is 4.98 Å². The quantitative estimate of drug-likeness (QED) is 0.872. The molecule has 2 heterocycles. The lowest BCUT2D eigenvalue weighted by molar-refractivity contribution is 0.0667. The van der Waals surface area contributed by atoms with E-state index in [1.165, 1.54) is 5.39 Å². The topological polar surface area (TPSA) is 34.2 Å². The highest BCUT2D eigenvalue weighted by molar-refractivity contribution is 6.19. The van der Waals surface area contributed by atoms with Crippen LogP contribution in [0.1, 0.15) is 12.8 Å². The van der Waals surface area contributed by atoms with Crippen LogP contribution in [0.25, 0.3) is 10.8 Å². The number of fused-ring (bicyclic) bond motifs is 1. The van der Waals surface area contributed by atoms with Crippen molar-refractivity contribution in [3.63, 3.8) is 0 Å². The van der Waals surface area contributed by atoms with Crippen LogP contribution in [0.4, 0.5) is 5.82 Å². The highest BCUT2D eigenvalue weighted by atomic mass is 35.5. The van der Waals surface area contributed by atoms with Crippen molar-refractivity contribution in [2.45, 2.75) is 18.4 Å². The van der Waals surface area contributed by atoms with Crippen LogP contribution in [-0.4, -0.2) is 29.6 Å². The van der Waals surface area contributed by atoms with E-state index in [1.807, 2.05) is 24.4 Å². The molecule has 0 saturated carbocycles. The van der Waals surface area contributed by atoms with Gasteiger partial charge in [-0.15, -0.1) is 11.6 Å². The summed E-state index contributed by atoms with van der Waals surface area (Å²) in [5.41, 5.74) is -0.100. The monoisotopic (exact) mass is 276 g/mol. The minimum atomic E-state index is -0.100. The van der Waals surface area contributed by atoms with Gasteiger partial charge in [-0.2, -0.15) is 0 Å². The summed E-state index contributed by atoms with van der Waals surface area (Å²) in [5.74, 6) is 1.49. The lowest BCUT2D eigenvalue weighted by Crippen LogP contribution is -2.45. The number of ether oxygens (including phenoxy) is 1. The maximum Gasteiger partial charge on any atom is 0.134 e. The number of alkyl halides is 1. The van der Waals surface area contributed by atoms with Crippen molar-refractivity contribution in [1.29, 1.82) is 0 Å². The summed E-state index contributed by atoms with van der Waals surface area (Å²) in [4.78, 5) is 4.48. The van der Waals surface area contributed by atoms with Crippen LogP contribution in [0.5, 0.6) is 0 Å². The van der Waals surface area contributed by atoms with E-state index in [2.05, 4.69) is 22.4 Å². The molecule has 1 aliphatic rings. The molecule has 100 valence electrons. The molecule has 2 aromatic rings. The van der Waals surface area contributed by atoms with Crippen molar-refractivity contribution in [3.05, 3.63) is 36.5 Å². The minimum absolute atomic E-state index is 0.100. The van der Waals surface area contributed by atoms with Crippen LogP contribution < -0.4 is 5.32 Å². The molecule has 3 rings (SSSR count). The predicted octanol–water partition coefficient (Wildman–Crippen LogP) is 3.43. The van der Waals surface area contributed by atoms with E-state index in [-0.39, 0.29) is 5.54 Å². The zero-order valence-electron chi connectivity index (χ0n) is 10.7. The molecule has 3 nitrogen and oxygen atoms in total. The smallest absolute Gasteiger partial charge is 0.134 e. The fraction of sp³-hybridized carbons (Fsp3) is 0.400. The molecular weight excluding hydrogens is 260 g/mol. The Bertz CT molecular complexity index is 562. The Kier molecular flexibility index (Phi) is 3.58. The number of anilines is 1. The molecule has 4 heteroatoms. The summed E-state index contributed by atoms with van der Waals surface area (Å²) in [6.07, 6.45) is 3.68. The van der Waals surface area contributed by atoms with Crippen LogP contribution in [-0.2, 0) is 4.74 Å². The Hall–Kier alpha value is -1.32. The Morgan fingerprint density at radius 3 is 2.79 bits per heavy atom. The van der Waals surface area contributed by atoms with Gasteiger partial charge in [0, 0.05) is 30.7 Å². The third-order valence-electron chi connectivity index (χ3n) is 3.76. The van der Waals surface area contributed by atoms with Crippen LogP contribution in [0, 0.1) is 0 Å². The first-order chi connectivity index (χ1) is 9.33. The molecule has 1 saturated heterocycles. The van der Waals surface area contributed by atoms with E-state index in [9.17, 15) is 0 Å². The Morgan fingerprint density at radius 2 is 2.00 bits per heavy atom. The highest BCUT2D eigenvalue weighted by Gasteiger charge is 2.32. The molecule has 0 aliphatic carbocycles. The molecule has 0 amide bonds. The van der Waals surface area contributed by atoms with Gasteiger partial charge in [-0.05, 0) is 24.3 Å². The molecule has 0 unspecified atom stereocenters. The number of aromatic nitrogens is 1. The second kappa shape index (κ2) is 5.35. The number of nitrogens with one attached hydrogen (secondary N) is 1. The molecule has 0 atom stereocenters. The molecule has 19 heavy (non-hydrogen) atoms. The third kappa shape index (κ3) is 2.53. The number of rotatable bonds is 3. The number of benzene rings is 1. The predicted molar refractivity (Wildman–Crippen MR) is 78.9 cm³/mol. The molecule has 1 N–H and O–H groups in total. The van der Waals surface area contributed by atoms with E-state index in [0.29, 0.717) is 5.88 Å². The fourth-order valence-corrected chi connectivity index (χ4v) is 2.86. The number of hydrogen-bond acceptors (Lipinski definition) is 3. The third-order valence-corrected chi connectivity index (χ3v) is 4.27. The fourth-order valence-electron chi connectivity index (χ4n) is 2.52. The summed E-state index contributed by atoms with van der Waals surface area (Å²) in [7, 11) is 0. The molecule has 1 aromatic carbocycles. The van der Waals surface area contributed by atoms with Crippen LogP contribution in [0.2, 0.25) is 0 Å². The van der Waals surface area contributed by atoms with E-state index in [4.69, 9.17) is 16.3 Å². The SMILES string of the molecule is ClCC1(Nc2nccc3ccccc23)CCOCC1. The maximum atomic E-state index is 6.19.